The zero-order chi connectivity index (χ0) is 21.9. The first-order valence-corrected chi connectivity index (χ1v) is 10.6. The first kappa shape index (κ1) is 26.8. The van der Waals surface area contributed by atoms with Gasteiger partial charge < -0.3 is 14.4 Å². The van der Waals surface area contributed by atoms with Crippen LogP contribution in [0.5, 0.6) is 0 Å². The molecule has 0 saturated carbocycles. The first-order chi connectivity index (χ1) is 13.1. The number of halogens is 2. The summed E-state index contributed by atoms with van der Waals surface area (Å²) >= 11 is 11.2. The number of nitrogens with zero attached hydrogens (tertiary/aromatic N) is 2. The van der Waals surface area contributed by atoms with Gasteiger partial charge in [-0.2, -0.15) is 0 Å². The van der Waals surface area contributed by atoms with Crippen LogP contribution in [-0.2, 0) is 19.1 Å². The fourth-order valence-corrected chi connectivity index (χ4v) is 3.08. The van der Waals surface area contributed by atoms with E-state index in [0.29, 0.717) is 24.6 Å². The van der Waals surface area contributed by atoms with Gasteiger partial charge in [0.1, 0.15) is 12.1 Å². The molecule has 0 spiro atoms. The molecule has 0 aromatic heterocycles. The van der Waals surface area contributed by atoms with Gasteiger partial charge in [0, 0.05) is 25.9 Å². The Bertz CT molecular complexity index is 503. The quantitative estimate of drug-likeness (QED) is 0.264. The summed E-state index contributed by atoms with van der Waals surface area (Å²) in [5.74, 6) is -0.397. The standard InChI is InChI=1S/C19H34Cl2N2O5/c1-13(2)15(23(6)19(26)28-12-8-10-21)17(24)22(5)16(14(3)4)18(25)27-11-7-9-20/h13-16H,7-12H2,1-6H3. The van der Waals surface area contributed by atoms with Crippen molar-refractivity contribution in [2.75, 3.05) is 39.1 Å². The van der Waals surface area contributed by atoms with Crippen LogP contribution in [-0.4, -0.2) is 78.9 Å². The number of alkyl halides is 2. The predicted molar refractivity (Wildman–Crippen MR) is 111 cm³/mol. The molecule has 0 aliphatic heterocycles. The number of amides is 2. The normalized spacial score (nSPS) is 13.2. The number of esters is 1. The smallest absolute Gasteiger partial charge is 0.410 e. The van der Waals surface area contributed by atoms with Gasteiger partial charge in [0.05, 0.1) is 13.2 Å². The molecule has 2 amide bonds. The molecular formula is C19H34Cl2N2O5. The van der Waals surface area contributed by atoms with Crippen LogP contribution >= 0.6 is 23.2 Å². The van der Waals surface area contributed by atoms with Gasteiger partial charge in [0.25, 0.3) is 0 Å². The Balaban J connectivity index is 5.32. The maximum Gasteiger partial charge on any atom is 0.410 e. The summed E-state index contributed by atoms with van der Waals surface area (Å²) in [4.78, 5) is 40.6. The first-order valence-electron chi connectivity index (χ1n) is 9.54. The molecule has 0 N–H and O–H groups in total. The van der Waals surface area contributed by atoms with Crippen molar-refractivity contribution in [1.82, 2.24) is 9.80 Å². The number of carbonyl (C=O) groups is 3. The van der Waals surface area contributed by atoms with Crippen LogP contribution in [0.25, 0.3) is 0 Å². The Morgan fingerprint density at radius 1 is 0.786 bits per heavy atom. The van der Waals surface area contributed by atoms with Crippen molar-refractivity contribution in [3.05, 3.63) is 0 Å². The molecule has 0 aliphatic rings. The molecule has 2 unspecified atom stereocenters. The fraction of sp³-hybridized carbons (Fsp3) is 0.842. The Labute approximate surface area is 178 Å². The maximum absolute atomic E-state index is 13.2. The van der Waals surface area contributed by atoms with Crippen LogP contribution in [0.4, 0.5) is 4.79 Å². The summed E-state index contributed by atoms with van der Waals surface area (Å²) < 4.78 is 10.4. The molecule has 0 saturated heterocycles. The molecule has 0 bridgehead atoms. The summed E-state index contributed by atoms with van der Waals surface area (Å²) in [6, 6.07) is -1.53. The third-order valence-electron chi connectivity index (χ3n) is 4.25. The fourth-order valence-electron chi connectivity index (χ4n) is 2.86. The zero-order valence-electron chi connectivity index (χ0n) is 17.7. The van der Waals surface area contributed by atoms with Crippen molar-refractivity contribution >= 4 is 41.2 Å². The summed E-state index contributed by atoms with van der Waals surface area (Å²) in [6.45, 7) is 7.73. The Morgan fingerprint density at radius 2 is 1.25 bits per heavy atom. The lowest BCUT2D eigenvalue weighted by molar-refractivity contribution is -0.158. The third-order valence-corrected chi connectivity index (χ3v) is 4.79. The molecule has 164 valence electrons. The number of ether oxygens (including phenoxy) is 2. The maximum atomic E-state index is 13.2. The van der Waals surface area contributed by atoms with Crippen LogP contribution in [0.3, 0.4) is 0 Å². The topological polar surface area (TPSA) is 76.2 Å². The molecule has 0 rings (SSSR count). The highest BCUT2D eigenvalue weighted by Gasteiger charge is 2.38. The molecular weight excluding hydrogens is 407 g/mol. The van der Waals surface area contributed by atoms with E-state index in [0.717, 1.165) is 0 Å². The van der Waals surface area contributed by atoms with E-state index < -0.39 is 24.1 Å². The van der Waals surface area contributed by atoms with Gasteiger partial charge in [0.2, 0.25) is 5.91 Å². The van der Waals surface area contributed by atoms with Crippen molar-refractivity contribution in [2.45, 2.75) is 52.6 Å². The lowest BCUT2D eigenvalue weighted by Gasteiger charge is -2.36. The Morgan fingerprint density at radius 3 is 1.68 bits per heavy atom. The van der Waals surface area contributed by atoms with E-state index in [9.17, 15) is 14.4 Å². The molecule has 2 atom stereocenters. The van der Waals surface area contributed by atoms with Crippen molar-refractivity contribution in [3.63, 3.8) is 0 Å². The number of rotatable bonds is 12. The Kier molecular flexibility index (Phi) is 13.3. The van der Waals surface area contributed by atoms with Crippen molar-refractivity contribution < 1.29 is 23.9 Å². The molecule has 0 fully saturated rings. The minimum absolute atomic E-state index is 0.161. The average molecular weight is 441 g/mol. The second-order valence-corrected chi connectivity index (χ2v) is 8.06. The molecule has 28 heavy (non-hydrogen) atoms. The van der Waals surface area contributed by atoms with E-state index in [-0.39, 0.29) is 31.0 Å². The van der Waals surface area contributed by atoms with Crippen LogP contribution in [0.1, 0.15) is 40.5 Å². The highest BCUT2D eigenvalue weighted by Crippen LogP contribution is 2.19. The van der Waals surface area contributed by atoms with Crippen molar-refractivity contribution in [1.29, 1.82) is 0 Å². The average Bonchev–Trinajstić information content (AvgIpc) is 2.61. The lowest BCUT2D eigenvalue weighted by Crippen LogP contribution is -2.56. The van der Waals surface area contributed by atoms with Crippen molar-refractivity contribution in [2.24, 2.45) is 11.8 Å². The minimum Gasteiger partial charge on any atom is -0.464 e. The largest absolute Gasteiger partial charge is 0.464 e. The molecule has 0 radical (unpaired) electrons. The van der Waals surface area contributed by atoms with Crippen LogP contribution in [0.2, 0.25) is 0 Å². The number of hydrogen-bond donors (Lipinski definition) is 0. The molecule has 0 aliphatic carbocycles. The number of carbonyl (C=O) groups excluding carboxylic acids is 3. The number of likely N-dealkylation sites (N-methyl/N-ethyl adjacent to an activating group) is 2. The van der Waals surface area contributed by atoms with E-state index in [4.69, 9.17) is 32.7 Å². The van der Waals surface area contributed by atoms with Crippen LogP contribution in [0.15, 0.2) is 0 Å². The summed E-state index contributed by atoms with van der Waals surface area (Å²) in [6.07, 6.45) is 0.475. The van der Waals surface area contributed by atoms with E-state index in [1.807, 2.05) is 27.7 Å². The second kappa shape index (κ2) is 13.9. The van der Waals surface area contributed by atoms with E-state index in [2.05, 4.69) is 0 Å². The molecule has 0 aromatic rings. The summed E-state index contributed by atoms with van der Waals surface area (Å²) in [7, 11) is 3.07. The SMILES string of the molecule is CC(C)C(C(=O)N(C)C(C(=O)OCCCCl)C(C)C)N(C)C(=O)OCCCCl. The predicted octanol–water partition coefficient (Wildman–Crippen LogP) is 3.36. The van der Waals surface area contributed by atoms with Gasteiger partial charge in [-0.15, -0.1) is 23.2 Å². The minimum atomic E-state index is -0.773. The van der Waals surface area contributed by atoms with E-state index in [1.54, 1.807) is 7.05 Å². The highest BCUT2D eigenvalue weighted by atomic mass is 35.5. The van der Waals surface area contributed by atoms with Gasteiger partial charge in [-0.1, -0.05) is 27.7 Å². The van der Waals surface area contributed by atoms with E-state index >= 15 is 0 Å². The third kappa shape index (κ3) is 8.43. The lowest BCUT2D eigenvalue weighted by atomic mass is 9.98. The van der Waals surface area contributed by atoms with E-state index in [1.165, 1.54) is 16.8 Å². The van der Waals surface area contributed by atoms with Crippen LogP contribution in [0, 0.1) is 11.8 Å². The van der Waals surface area contributed by atoms with Crippen molar-refractivity contribution in [3.8, 4) is 0 Å². The van der Waals surface area contributed by atoms with Gasteiger partial charge in [0.15, 0.2) is 0 Å². The molecule has 0 aromatic carbocycles. The molecule has 9 heteroatoms. The second-order valence-electron chi connectivity index (χ2n) is 7.30. The summed E-state index contributed by atoms with van der Waals surface area (Å²) in [5, 5.41) is 0. The zero-order valence-corrected chi connectivity index (χ0v) is 19.3. The Hall–Kier alpha value is -1.21. The highest BCUT2D eigenvalue weighted by molar-refractivity contribution is 6.18. The number of hydrogen-bond acceptors (Lipinski definition) is 5. The summed E-state index contributed by atoms with van der Waals surface area (Å²) in [5.41, 5.74) is 0. The van der Waals surface area contributed by atoms with Gasteiger partial charge in [-0.3, -0.25) is 9.69 Å². The molecule has 0 heterocycles. The van der Waals surface area contributed by atoms with Gasteiger partial charge >= 0.3 is 12.1 Å². The molecule has 7 nitrogen and oxygen atoms in total. The van der Waals surface area contributed by atoms with Crippen LogP contribution < -0.4 is 0 Å². The van der Waals surface area contributed by atoms with Gasteiger partial charge in [-0.05, 0) is 24.7 Å². The monoisotopic (exact) mass is 440 g/mol. The van der Waals surface area contributed by atoms with Gasteiger partial charge in [-0.25, -0.2) is 9.59 Å².